The molecule has 0 radical (unpaired) electrons. The minimum Gasteiger partial charge on any atom is -0.324 e. The average Bonchev–Trinajstić information content (AvgIpc) is 3.73. The van der Waals surface area contributed by atoms with Crippen LogP contribution in [-0.4, -0.2) is 41.0 Å². The lowest BCUT2D eigenvalue weighted by Crippen LogP contribution is -2.50. The predicted molar refractivity (Wildman–Crippen MR) is 156 cm³/mol. The molecule has 6 aliphatic rings. The fourth-order valence-electron chi connectivity index (χ4n) is 8.33. The first kappa shape index (κ1) is 23.2. The van der Waals surface area contributed by atoms with Crippen LogP contribution in [0.25, 0.3) is 10.8 Å². The predicted octanol–water partition coefficient (Wildman–Crippen LogP) is 3.82. The molecule has 5 heterocycles. The molecule has 3 N–H and O–H groups in total. The molecule has 4 aliphatic heterocycles. The van der Waals surface area contributed by atoms with E-state index < -0.39 is 0 Å². The summed E-state index contributed by atoms with van der Waals surface area (Å²) in [5.41, 5.74) is 3.73. The Morgan fingerprint density at radius 2 is 1.20 bits per heavy atom. The molecule has 3 fully saturated rings. The van der Waals surface area contributed by atoms with Crippen LogP contribution < -0.4 is 21.6 Å². The molecule has 1 saturated heterocycles. The third-order valence-electron chi connectivity index (χ3n) is 10.2. The van der Waals surface area contributed by atoms with Gasteiger partial charge in [-0.2, -0.15) is 0 Å². The topological polar surface area (TPSA) is 102 Å². The number of aromatic nitrogens is 1. The van der Waals surface area contributed by atoms with E-state index >= 15 is 0 Å². The number of hydrogen-bond acceptors (Lipinski definition) is 7. The molecule has 0 amide bonds. The Kier molecular flexibility index (Phi) is 5.23. The van der Waals surface area contributed by atoms with Crippen molar-refractivity contribution in [1.82, 2.24) is 15.6 Å². The van der Waals surface area contributed by atoms with Crippen LogP contribution in [0.2, 0.25) is 0 Å². The summed E-state index contributed by atoms with van der Waals surface area (Å²) in [6.07, 6.45) is 10.2. The molecule has 8 bridgehead atoms. The van der Waals surface area contributed by atoms with E-state index in [1.54, 1.807) is 0 Å². The Morgan fingerprint density at radius 3 is 2.00 bits per heavy atom. The smallest absolute Gasteiger partial charge is 0.164 e. The van der Waals surface area contributed by atoms with Crippen LogP contribution >= 0.6 is 0 Å². The minimum absolute atomic E-state index is 0.0384. The lowest BCUT2D eigenvalue weighted by molar-refractivity contribution is 0.191. The van der Waals surface area contributed by atoms with Crippen LogP contribution in [0.5, 0.6) is 0 Å². The normalized spacial score (nSPS) is 34.1. The maximum atomic E-state index is 5.33. The molecule has 8 nitrogen and oxygen atoms in total. The Bertz CT molecular complexity index is 1730. The van der Waals surface area contributed by atoms with Crippen molar-refractivity contribution >= 4 is 28.3 Å². The zero-order valence-corrected chi connectivity index (χ0v) is 22.6. The molecule has 2 saturated carbocycles. The Balaban J connectivity index is 1.28. The monoisotopic (exact) mass is 530 g/mol. The molecule has 2 aliphatic carbocycles. The largest absolute Gasteiger partial charge is 0.324 e. The van der Waals surface area contributed by atoms with Crippen LogP contribution in [0.3, 0.4) is 0 Å². The second-order valence-corrected chi connectivity index (χ2v) is 12.4. The number of nitrogens with zero attached hydrogens (tertiary/aromatic N) is 5. The SMILES string of the molecule is c1ccc2c(c1)C1=NC2=NC2NC(NC3N=C(N=c4[nH]c(c5ccccc45)=N1)C1CCCCC31)C1CCCCC21. The summed E-state index contributed by atoms with van der Waals surface area (Å²) in [7, 11) is 0. The van der Waals surface area contributed by atoms with E-state index in [0.29, 0.717) is 29.5 Å². The number of aromatic amines is 1. The Hall–Kier alpha value is -3.49. The van der Waals surface area contributed by atoms with Crippen LogP contribution in [0.1, 0.15) is 62.5 Å². The van der Waals surface area contributed by atoms with Gasteiger partial charge in [-0.05, 0) is 31.6 Å². The van der Waals surface area contributed by atoms with Gasteiger partial charge in [0.15, 0.2) is 11.7 Å². The fourth-order valence-corrected chi connectivity index (χ4v) is 8.33. The highest BCUT2D eigenvalue weighted by Crippen LogP contribution is 2.43. The van der Waals surface area contributed by atoms with E-state index in [9.17, 15) is 0 Å². The highest BCUT2D eigenvalue weighted by molar-refractivity contribution is 6.22. The van der Waals surface area contributed by atoms with E-state index in [0.717, 1.165) is 51.0 Å². The van der Waals surface area contributed by atoms with E-state index in [2.05, 4.69) is 64.1 Å². The molecule has 3 aromatic rings. The summed E-state index contributed by atoms with van der Waals surface area (Å²) in [6.45, 7) is 0. The fraction of sp³-hybridized carbons (Fsp3) is 0.469. The van der Waals surface area contributed by atoms with Gasteiger partial charge < -0.3 is 4.98 Å². The highest BCUT2D eigenvalue weighted by atomic mass is 15.3. The van der Waals surface area contributed by atoms with Gasteiger partial charge >= 0.3 is 0 Å². The van der Waals surface area contributed by atoms with Crippen molar-refractivity contribution in [1.29, 1.82) is 0 Å². The number of aliphatic imine (C=N–C) groups is 3. The van der Waals surface area contributed by atoms with E-state index in [-0.39, 0.29) is 18.5 Å². The summed E-state index contributed by atoms with van der Waals surface area (Å²) in [6, 6.07) is 16.7. The maximum absolute atomic E-state index is 5.33. The molecule has 0 spiro atoms. The number of nitrogens with one attached hydrogen (secondary N) is 3. The summed E-state index contributed by atoms with van der Waals surface area (Å²) < 4.78 is 0. The molecule has 1 aromatic heterocycles. The van der Waals surface area contributed by atoms with Crippen molar-refractivity contribution in [3.63, 3.8) is 0 Å². The van der Waals surface area contributed by atoms with Gasteiger partial charge in [-0.25, -0.2) is 20.0 Å². The first-order valence-corrected chi connectivity index (χ1v) is 15.2. The summed E-state index contributed by atoms with van der Waals surface area (Å²) in [5, 5.41) is 10.1. The highest BCUT2D eigenvalue weighted by Gasteiger charge is 2.48. The van der Waals surface area contributed by atoms with Gasteiger partial charge in [-0.15, -0.1) is 0 Å². The lowest BCUT2D eigenvalue weighted by atomic mass is 9.77. The number of fused-ring (bicyclic) bond motifs is 18. The summed E-state index contributed by atoms with van der Waals surface area (Å²) in [5.74, 6) is 4.44. The standard InChI is InChI=1S/C32H34N8/c1-2-10-18-17(9-1)25-33-26(18)38-28-21-13-5-6-14-22(21)30(35-28)40-32-24-16-8-7-15-23(24)31(36-32)39-29-20-12-4-3-11-19(20)27(34-29)37-25/h1-4,9-12,21-24,28,30,32,35,40H,5-8,13-16H2,(H,33,34,36,37,38,39). The van der Waals surface area contributed by atoms with Crippen molar-refractivity contribution in [2.24, 2.45) is 48.6 Å². The Morgan fingerprint density at radius 1 is 0.575 bits per heavy atom. The zero-order valence-electron chi connectivity index (χ0n) is 22.6. The molecule has 202 valence electrons. The van der Waals surface area contributed by atoms with Gasteiger partial charge in [0.25, 0.3) is 0 Å². The molecule has 40 heavy (non-hydrogen) atoms. The van der Waals surface area contributed by atoms with Crippen molar-refractivity contribution < 1.29 is 0 Å². The van der Waals surface area contributed by atoms with Gasteiger partial charge in [0.2, 0.25) is 0 Å². The number of amidine groups is 3. The summed E-state index contributed by atoms with van der Waals surface area (Å²) >= 11 is 0. The first-order chi connectivity index (χ1) is 19.8. The van der Waals surface area contributed by atoms with Crippen molar-refractivity contribution in [2.75, 3.05) is 0 Å². The van der Waals surface area contributed by atoms with Crippen LogP contribution in [-0.2, 0) is 0 Å². The second-order valence-electron chi connectivity index (χ2n) is 12.4. The quantitative estimate of drug-likeness (QED) is 0.412. The van der Waals surface area contributed by atoms with Gasteiger partial charge in [0, 0.05) is 39.7 Å². The second kappa shape index (κ2) is 9.01. The van der Waals surface area contributed by atoms with Gasteiger partial charge in [-0.1, -0.05) is 74.2 Å². The lowest BCUT2D eigenvalue weighted by Gasteiger charge is -2.33. The van der Waals surface area contributed by atoms with Gasteiger partial charge in [0.05, 0.1) is 6.17 Å². The van der Waals surface area contributed by atoms with Crippen LogP contribution in [0.15, 0.2) is 73.5 Å². The average molecular weight is 531 g/mol. The van der Waals surface area contributed by atoms with Crippen molar-refractivity contribution in [3.8, 4) is 0 Å². The molecule has 7 atom stereocenters. The third-order valence-corrected chi connectivity index (χ3v) is 10.2. The van der Waals surface area contributed by atoms with Crippen LogP contribution in [0.4, 0.5) is 0 Å². The van der Waals surface area contributed by atoms with Gasteiger partial charge in [-0.3, -0.25) is 15.6 Å². The Labute approximate surface area is 232 Å². The zero-order chi connectivity index (χ0) is 26.2. The number of H-pyrrole nitrogens is 1. The van der Waals surface area contributed by atoms with E-state index in [4.69, 9.17) is 25.0 Å². The third kappa shape index (κ3) is 3.55. The number of hydrogen-bond donors (Lipinski definition) is 3. The first-order valence-electron chi connectivity index (χ1n) is 15.2. The molecule has 9 rings (SSSR count). The molecular weight excluding hydrogens is 496 g/mol. The maximum Gasteiger partial charge on any atom is 0.164 e. The number of rotatable bonds is 0. The molecule has 8 heteroatoms. The van der Waals surface area contributed by atoms with Gasteiger partial charge in [0.1, 0.15) is 29.1 Å². The minimum atomic E-state index is 0.0384. The molecule has 7 unspecified atom stereocenters. The molecular formula is C32H34N8. The summed E-state index contributed by atoms with van der Waals surface area (Å²) in [4.78, 5) is 29.6. The van der Waals surface area contributed by atoms with Crippen molar-refractivity contribution in [2.45, 2.75) is 69.9 Å². The number of benzene rings is 2. The molecule has 2 aromatic carbocycles. The van der Waals surface area contributed by atoms with Crippen LogP contribution in [0, 0.1) is 23.7 Å². The van der Waals surface area contributed by atoms with E-state index in [1.807, 2.05) is 0 Å². The van der Waals surface area contributed by atoms with E-state index in [1.165, 1.54) is 44.9 Å². The van der Waals surface area contributed by atoms with Crippen molar-refractivity contribution in [3.05, 3.63) is 70.6 Å².